The van der Waals surface area contributed by atoms with E-state index in [0.29, 0.717) is 31.8 Å². The quantitative estimate of drug-likeness (QED) is 0.539. The molecule has 7 rings (SSSR count). The Hall–Kier alpha value is -3.74. The molecule has 194 valence electrons. The molecule has 2 aromatic heterocycles. The Labute approximate surface area is 221 Å². The van der Waals surface area contributed by atoms with Gasteiger partial charge in [0.25, 0.3) is 0 Å². The molecular weight excluding hydrogens is 480 g/mol. The van der Waals surface area contributed by atoms with Crippen LogP contribution in [-0.2, 0) is 27.3 Å². The number of hydrogen-bond acceptors (Lipinski definition) is 7. The zero-order chi connectivity index (χ0) is 26.1. The van der Waals surface area contributed by atoms with Gasteiger partial charge >= 0.3 is 0 Å². The standard InChI is InChI=1S/C29H30N6O3/c1-3-24(36)35-15-28(16-35)6-8-34(14-28)27-19(11-30)26(25-18(2)4-5-22-20(25)12-31-33-22)21-13-38-29(7-9-37-17-29)10-23(21)32-27/h3-5,12H,1,6-10,13-17H2,2H3,(H,31,33). The number of benzene rings is 1. The lowest BCUT2D eigenvalue weighted by Crippen LogP contribution is -2.59. The van der Waals surface area contributed by atoms with E-state index in [2.05, 4.69) is 40.7 Å². The van der Waals surface area contributed by atoms with Crippen molar-refractivity contribution < 1.29 is 14.3 Å². The fraction of sp³-hybridized carbons (Fsp3) is 0.448. The van der Waals surface area contributed by atoms with Gasteiger partial charge in [0.1, 0.15) is 17.5 Å². The normalized spacial score (nSPS) is 23.6. The molecule has 4 aliphatic heterocycles. The third-order valence-electron chi connectivity index (χ3n) is 8.92. The summed E-state index contributed by atoms with van der Waals surface area (Å²) in [5.74, 6) is 0.719. The Balaban J connectivity index is 1.37. The minimum Gasteiger partial charge on any atom is -0.378 e. The van der Waals surface area contributed by atoms with Crippen LogP contribution in [0.1, 0.15) is 35.2 Å². The van der Waals surface area contributed by atoms with Gasteiger partial charge in [0.05, 0.1) is 36.2 Å². The van der Waals surface area contributed by atoms with Crippen molar-refractivity contribution in [2.75, 3.05) is 44.3 Å². The van der Waals surface area contributed by atoms with Crippen LogP contribution in [0.15, 0.2) is 31.0 Å². The number of amides is 1. The zero-order valence-electron chi connectivity index (χ0n) is 21.5. The highest BCUT2D eigenvalue weighted by Crippen LogP contribution is 2.47. The molecule has 38 heavy (non-hydrogen) atoms. The zero-order valence-corrected chi connectivity index (χ0v) is 21.5. The van der Waals surface area contributed by atoms with Gasteiger partial charge in [0.2, 0.25) is 5.91 Å². The minimum atomic E-state index is -0.356. The van der Waals surface area contributed by atoms with Crippen molar-refractivity contribution in [1.29, 1.82) is 5.26 Å². The van der Waals surface area contributed by atoms with Gasteiger partial charge in [-0.1, -0.05) is 12.6 Å². The number of H-pyrrole nitrogens is 1. The van der Waals surface area contributed by atoms with Gasteiger partial charge in [0.15, 0.2) is 0 Å². The summed E-state index contributed by atoms with van der Waals surface area (Å²) >= 11 is 0. The maximum Gasteiger partial charge on any atom is 0.245 e. The van der Waals surface area contributed by atoms with Crippen molar-refractivity contribution in [1.82, 2.24) is 20.1 Å². The highest BCUT2D eigenvalue weighted by molar-refractivity contribution is 5.99. The molecule has 9 nitrogen and oxygen atoms in total. The average Bonchev–Trinajstić information content (AvgIpc) is 3.66. The van der Waals surface area contributed by atoms with Crippen molar-refractivity contribution in [2.45, 2.75) is 38.4 Å². The Bertz CT molecular complexity index is 1520. The van der Waals surface area contributed by atoms with Crippen LogP contribution in [0.3, 0.4) is 0 Å². The first-order chi connectivity index (χ1) is 18.4. The molecule has 1 unspecified atom stereocenters. The molecule has 0 saturated carbocycles. The second-order valence-electron chi connectivity index (χ2n) is 11.3. The second kappa shape index (κ2) is 8.38. The molecule has 0 bridgehead atoms. The number of hydrogen-bond donors (Lipinski definition) is 1. The lowest BCUT2D eigenvalue weighted by atomic mass is 9.79. The smallest absolute Gasteiger partial charge is 0.245 e. The largest absolute Gasteiger partial charge is 0.378 e. The van der Waals surface area contributed by atoms with E-state index in [1.807, 2.05) is 17.2 Å². The fourth-order valence-corrected chi connectivity index (χ4v) is 6.87. The number of carbonyl (C=O) groups excluding carboxylic acids is 1. The first kappa shape index (κ1) is 23.4. The van der Waals surface area contributed by atoms with Crippen LogP contribution >= 0.6 is 0 Å². The van der Waals surface area contributed by atoms with E-state index >= 15 is 0 Å². The number of aryl methyl sites for hydroxylation is 1. The molecule has 0 radical (unpaired) electrons. The van der Waals surface area contributed by atoms with Crippen LogP contribution in [0.2, 0.25) is 0 Å². The van der Waals surface area contributed by atoms with Crippen molar-refractivity contribution in [3.8, 4) is 17.2 Å². The fourth-order valence-electron chi connectivity index (χ4n) is 6.87. The summed E-state index contributed by atoms with van der Waals surface area (Å²) in [6, 6.07) is 6.64. The Kier molecular flexibility index (Phi) is 5.16. The van der Waals surface area contributed by atoms with Gasteiger partial charge in [-0.05, 0) is 36.6 Å². The molecular formula is C29H30N6O3. The van der Waals surface area contributed by atoms with Crippen molar-refractivity contribution >= 4 is 22.6 Å². The third kappa shape index (κ3) is 3.40. The van der Waals surface area contributed by atoms with Crippen molar-refractivity contribution in [3.63, 3.8) is 0 Å². The monoisotopic (exact) mass is 510 g/mol. The van der Waals surface area contributed by atoms with E-state index < -0.39 is 0 Å². The number of aromatic amines is 1. The summed E-state index contributed by atoms with van der Waals surface area (Å²) < 4.78 is 12.2. The van der Waals surface area contributed by atoms with Crippen LogP contribution < -0.4 is 4.90 Å². The molecule has 1 N–H and O–H groups in total. The van der Waals surface area contributed by atoms with E-state index in [1.54, 1.807) is 0 Å². The molecule has 9 heteroatoms. The number of nitriles is 1. The molecule has 0 aliphatic carbocycles. The molecule has 1 atom stereocenters. The Morgan fingerprint density at radius 2 is 2.13 bits per heavy atom. The van der Waals surface area contributed by atoms with Crippen LogP contribution in [0.25, 0.3) is 22.0 Å². The van der Waals surface area contributed by atoms with E-state index in [4.69, 9.17) is 14.5 Å². The van der Waals surface area contributed by atoms with E-state index in [0.717, 1.165) is 83.7 Å². The van der Waals surface area contributed by atoms with Crippen molar-refractivity contribution in [3.05, 3.63) is 53.4 Å². The topological polar surface area (TPSA) is 107 Å². The van der Waals surface area contributed by atoms with E-state index in [-0.39, 0.29) is 16.9 Å². The number of pyridine rings is 1. The SMILES string of the molecule is C=CC(=O)N1CC2(CCN(c3nc4c(c(-c5c(C)ccc6[nH]ncc56)c3C#N)COC3(CCOC3)C4)C2)C1. The summed E-state index contributed by atoms with van der Waals surface area (Å²) in [4.78, 5) is 21.4. The van der Waals surface area contributed by atoms with Gasteiger partial charge in [-0.2, -0.15) is 10.4 Å². The number of anilines is 1. The maximum atomic E-state index is 12.1. The molecule has 2 spiro atoms. The number of likely N-dealkylation sites (tertiary alicyclic amines) is 1. The van der Waals surface area contributed by atoms with Crippen LogP contribution in [0.5, 0.6) is 0 Å². The van der Waals surface area contributed by atoms with Gasteiger partial charge in [0, 0.05) is 67.6 Å². The molecule has 3 fully saturated rings. The first-order valence-corrected chi connectivity index (χ1v) is 13.2. The number of fused-ring (bicyclic) bond motifs is 2. The number of carbonyl (C=O) groups is 1. The molecule has 4 aliphatic rings. The highest BCUT2D eigenvalue weighted by atomic mass is 16.6. The second-order valence-corrected chi connectivity index (χ2v) is 11.3. The average molecular weight is 511 g/mol. The van der Waals surface area contributed by atoms with Gasteiger partial charge in [-0.15, -0.1) is 0 Å². The molecule has 6 heterocycles. The molecule has 3 aromatic rings. The molecule has 3 saturated heterocycles. The van der Waals surface area contributed by atoms with Gasteiger partial charge in [-0.25, -0.2) is 4.98 Å². The van der Waals surface area contributed by atoms with Crippen molar-refractivity contribution in [2.24, 2.45) is 5.41 Å². The number of rotatable bonds is 3. The van der Waals surface area contributed by atoms with Crippen LogP contribution in [0.4, 0.5) is 5.82 Å². The van der Waals surface area contributed by atoms with Gasteiger partial charge in [-0.3, -0.25) is 9.89 Å². The number of nitrogens with zero attached hydrogens (tertiary/aromatic N) is 5. The first-order valence-electron chi connectivity index (χ1n) is 13.2. The van der Waals surface area contributed by atoms with Crippen LogP contribution in [-0.4, -0.2) is 71.0 Å². The number of ether oxygens (including phenoxy) is 2. The predicted molar refractivity (Wildman–Crippen MR) is 141 cm³/mol. The maximum absolute atomic E-state index is 12.1. The number of nitrogens with one attached hydrogen (secondary N) is 1. The van der Waals surface area contributed by atoms with Gasteiger partial charge < -0.3 is 19.3 Å². The molecule has 1 aromatic carbocycles. The lowest BCUT2D eigenvalue weighted by Gasteiger charge is -2.47. The third-order valence-corrected chi connectivity index (χ3v) is 8.92. The molecule has 1 amide bonds. The minimum absolute atomic E-state index is 0.0197. The van der Waals surface area contributed by atoms with E-state index in [1.165, 1.54) is 6.08 Å². The summed E-state index contributed by atoms with van der Waals surface area (Å²) in [5.41, 5.74) is 6.16. The summed E-state index contributed by atoms with van der Waals surface area (Å²) in [6.07, 6.45) is 5.69. The number of aromatic nitrogens is 3. The summed E-state index contributed by atoms with van der Waals surface area (Å²) in [7, 11) is 0. The Morgan fingerprint density at radius 1 is 1.26 bits per heavy atom. The van der Waals surface area contributed by atoms with E-state index in [9.17, 15) is 10.1 Å². The lowest BCUT2D eigenvalue weighted by molar-refractivity contribution is -0.136. The Morgan fingerprint density at radius 3 is 2.89 bits per heavy atom. The predicted octanol–water partition coefficient (Wildman–Crippen LogP) is 3.26. The highest BCUT2D eigenvalue weighted by Gasteiger charge is 2.50. The summed E-state index contributed by atoms with van der Waals surface area (Å²) in [6.45, 7) is 10.4. The summed E-state index contributed by atoms with van der Waals surface area (Å²) in [5, 5.41) is 19.0. The van der Waals surface area contributed by atoms with Crippen LogP contribution in [0, 0.1) is 23.7 Å².